The smallest absolute Gasteiger partial charge is 0.148 e. The van der Waals surface area contributed by atoms with E-state index in [-0.39, 0.29) is 0 Å². The molecule has 0 aliphatic carbocycles. The molecular weight excluding hydrogens is 226 g/mol. The Morgan fingerprint density at radius 2 is 1.83 bits per heavy atom. The van der Waals surface area contributed by atoms with Gasteiger partial charge in [-0.25, -0.2) is 4.98 Å². The predicted molar refractivity (Wildman–Crippen MR) is 74.8 cm³/mol. The number of imidazole rings is 1. The monoisotopic (exact) mass is 247 g/mol. The van der Waals surface area contributed by atoms with Crippen LogP contribution in [0.2, 0.25) is 0 Å². The average molecular weight is 247 g/mol. The Kier molecular flexibility index (Phi) is 7.22. The maximum absolute atomic E-state index is 8.78. The molecule has 4 nitrogen and oxygen atoms in total. The molecule has 0 saturated heterocycles. The second-order valence-corrected chi connectivity index (χ2v) is 3.01. The van der Waals surface area contributed by atoms with Crippen molar-refractivity contribution >= 4 is 11.0 Å². The van der Waals surface area contributed by atoms with Gasteiger partial charge in [-0.05, 0) is 13.0 Å². The maximum atomic E-state index is 8.78. The Balaban J connectivity index is 0.000000659. The van der Waals surface area contributed by atoms with E-state index in [1.807, 2.05) is 34.6 Å². The Bertz CT molecular complexity index is 524. The molecule has 0 saturated carbocycles. The van der Waals surface area contributed by atoms with Gasteiger partial charge < -0.3 is 9.72 Å². The van der Waals surface area contributed by atoms with Crippen LogP contribution in [0.25, 0.3) is 11.0 Å². The van der Waals surface area contributed by atoms with Crippen molar-refractivity contribution in [3.8, 4) is 11.8 Å². The lowest BCUT2D eigenvalue weighted by atomic mass is 10.2. The topological polar surface area (TPSA) is 61.7 Å². The van der Waals surface area contributed by atoms with Crippen molar-refractivity contribution in [2.45, 2.75) is 34.6 Å². The first-order valence-corrected chi connectivity index (χ1v) is 6.19. The van der Waals surface area contributed by atoms with Crippen molar-refractivity contribution in [3.63, 3.8) is 0 Å². The quantitative estimate of drug-likeness (QED) is 0.833. The Morgan fingerprint density at radius 3 is 2.33 bits per heavy atom. The van der Waals surface area contributed by atoms with E-state index < -0.39 is 0 Å². The van der Waals surface area contributed by atoms with Crippen LogP contribution in [-0.4, -0.2) is 17.1 Å². The summed E-state index contributed by atoms with van der Waals surface area (Å²) in [7, 11) is 1.57. The highest BCUT2D eigenvalue weighted by Crippen LogP contribution is 2.25. The summed E-state index contributed by atoms with van der Waals surface area (Å²) in [4.78, 5) is 7.34. The van der Waals surface area contributed by atoms with E-state index in [9.17, 15) is 0 Å². The first kappa shape index (κ1) is 16.0. The number of hydrogen-bond acceptors (Lipinski definition) is 3. The van der Waals surface area contributed by atoms with Crippen LogP contribution in [0.4, 0.5) is 0 Å². The Labute approximate surface area is 109 Å². The molecule has 0 bridgehead atoms. The molecule has 0 fully saturated rings. The molecular formula is C14H21N3O. The lowest BCUT2D eigenvalue weighted by Crippen LogP contribution is -1.86. The number of nitrogens with zero attached hydrogens (tertiary/aromatic N) is 2. The van der Waals surface area contributed by atoms with Crippen LogP contribution < -0.4 is 4.74 Å². The molecule has 0 aliphatic heterocycles. The fourth-order valence-corrected chi connectivity index (χ4v) is 1.43. The number of fused-ring (bicyclic) bond motifs is 1. The van der Waals surface area contributed by atoms with E-state index in [2.05, 4.69) is 16.0 Å². The van der Waals surface area contributed by atoms with Crippen LogP contribution in [0, 0.1) is 18.3 Å². The molecule has 0 amide bonds. The van der Waals surface area contributed by atoms with Crippen molar-refractivity contribution in [2.24, 2.45) is 0 Å². The number of methoxy groups -OCH3 is 1. The van der Waals surface area contributed by atoms with Crippen LogP contribution in [0.15, 0.2) is 12.1 Å². The average Bonchev–Trinajstić information content (AvgIpc) is 2.82. The maximum Gasteiger partial charge on any atom is 0.148 e. The number of rotatable bonds is 1. The number of nitrogens with one attached hydrogen (secondary N) is 1. The lowest BCUT2D eigenvalue weighted by Gasteiger charge is -2.00. The summed E-state index contributed by atoms with van der Waals surface area (Å²) in [6.45, 7) is 9.87. The molecule has 1 aromatic heterocycles. The van der Waals surface area contributed by atoms with Crippen molar-refractivity contribution < 1.29 is 4.74 Å². The Hall–Kier alpha value is -2.02. The zero-order valence-corrected chi connectivity index (χ0v) is 12.0. The molecule has 0 atom stereocenters. The molecule has 4 heteroatoms. The number of nitriles is 1. The lowest BCUT2D eigenvalue weighted by molar-refractivity contribution is 0.419. The summed E-state index contributed by atoms with van der Waals surface area (Å²) >= 11 is 0. The summed E-state index contributed by atoms with van der Waals surface area (Å²) in [5, 5.41) is 8.78. The third kappa shape index (κ3) is 3.49. The minimum Gasteiger partial charge on any atom is -0.494 e. The van der Waals surface area contributed by atoms with Gasteiger partial charge in [-0.15, -0.1) is 0 Å². The molecule has 98 valence electrons. The SMILES string of the molecule is CC.CC.COc1cc(C#N)cc2[nH]c(C)nc12. The molecule has 18 heavy (non-hydrogen) atoms. The third-order valence-corrected chi connectivity index (χ3v) is 2.02. The predicted octanol–water partition coefficient (Wildman–Crippen LogP) is 3.80. The van der Waals surface area contributed by atoms with Gasteiger partial charge in [0.2, 0.25) is 0 Å². The molecule has 0 radical (unpaired) electrons. The number of aromatic nitrogens is 2. The van der Waals surface area contributed by atoms with Gasteiger partial charge in [0.15, 0.2) is 0 Å². The molecule has 1 heterocycles. The summed E-state index contributed by atoms with van der Waals surface area (Å²) in [5.41, 5.74) is 2.17. The van der Waals surface area contributed by atoms with Crippen molar-refractivity contribution in [3.05, 3.63) is 23.5 Å². The molecule has 0 aliphatic rings. The molecule has 1 aromatic carbocycles. The van der Waals surface area contributed by atoms with Crippen LogP contribution in [0.3, 0.4) is 0 Å². The van der Waals surface area contributed by atoms with Crippen molar-refractivity contribution in [1.29, 1.82) is 5.26 Å². The number of aryl methyl sites for hydroxylation is 1. The van der Waals surface area contributed by atoms with Gasteiger partial charge in [0.05, 0.1) is 24.3 Å². The van der Waals surface area contributed by atoms with E-state index in [1.165, 1.54) is 0 Å². The second kappa shape index (κ2) is 8.13. The summed E-state index contributed by atoms with van der Waals surface area (Å²) in [6, 6.07) is 5.52. The number of aromatic amines is 1. The highest BCUT2D eigenvalue weighted by atomic mass is 16.5. The Morgan fingerprint density at radius 1 is 1.22 bits per heavy atom. The van der Waals surface area contributed by atoms with Gasteiger partial charge in [-0.2, -0.15) is 5.26 Å². The van der Waals surface area contributed by atoms with E-state index in [4.69, 9.17) is 10.00 Å². The highest BCUT2D eigenvalue weighted by Gasteiger charge is 2.07. The van der Waals surface area contributed by atoms with Crippen LogP contribution in [0.5, 0.6) is 5.75 Å². The summed E-state index contributed by atoms with van der Waals surface area (Å²) in [6.07, 6.45) is 0. The fourth-order valence-electron chi connectivity index (χ4n) is 1.43. The van der Waals surface area contributed by atoms with Gasteiger partial charge in [-0.1, -0.05) is 27.7 Å². The second-order valence-electron chi connectivity index (χ2n) is 3.01. The first-order chi connectivity index (χ1) is 8.74. The van der Waals surface area contributed by atoms with Gasteiger partial charge in [-0.3, -0.25) is 0 Å². The van der Waals surface area contributed by atoms with E-state index >= 15 is 0 Å². The number of H-pyrrole nitrogens is 1. The van der Waals surface area contributed by atoms with E-state index in [0.29, 0.717) is 11.3 Å². The number of ether oxygens (including phenoxy) is 1. The van der Waals surface area contributed by atoms with Gasteiger partial charge in [0.1, 0.15) is 17.1 Å². The highest BCUT2D eigenvalue weighted by molar-refractivity contribution is 5.83. The minimum absolute atomic E-state index is 0.568. The third-order valence-electron chi connectivity index (χ3n) is 2.02. The molecule has 0 spiro atoms. The standard InChI is InChI=1S/C10H9N3O.2C2H6/c1-6-12-8-3-7(5-11)4-9(14-2)10(8)13-6;2*1-2/h3-4H,1-2H3,(H,12,13);2*1-2H3. The van der Waals surface area contributed by atoms with Crippen LogP contribution >= 0.6 is 0 Å². The van der Waals surface area contributed by atoms with Crippen molar-refractivity contribution in [2.75, 3.05) is 7.11 Å². The number of hydrogen-bond donors (Lipinski definition) is 1. The molecule has 2 rings (SSSR count). The molecule has 1 N–H and O–H groups in total. The summed E-state index contributed by atoms with van der Waals surface area (Å²) < 4.78 is 5.15. The van der Waals surface area contributed by atoms with E-state index in [1.54, 1.807) is 19.2 Å². The van der Waals surface area contributed by atoms with Gasteiger partial charge >= 0.3 is 0 Å². The minimum atomic E-state index is 0.568. The number of benzene rings is 1. The van der Waals surface area contributed by atoms with Gasteiger partial charge in [0.25, 0.3) is 0 Å². The zero-order valence-electron chi connectivity index (χ0n) is 12.0. The normalized spacial score (nSPS) is 8.50. The van der Waals surface area contributed by atoms with Crippen LogP contribution in [-0.2, 0) is 0 Å². The fraction of sp³-hybridized carbons (Fsp3) is 0.429. The van der Waals surface area contributed by atoms with Crippen molar-refractivity contribution in [1.82, 2.24) is 9.97 Å². The summed E-state index contributed by atoms with van der Waals surface area (Å²) in [5.74, 6) is 1.44. The molecule has 0 unspecified atom stereocenters. The van der Waals surface area contributed by atoms with E-state index in [0.717, 1.165) is 16.9 Å². The van der Waals surface area contributed by atoms with Crippen LogP contribution in [0.1, 0.15) is 39.1 Å². The largest absolute Gasteiger partial charge is 0.494 e. The molecule has 2 aromatic rings. The first-order valence-electron chi connectivity index (χ1n) is 6.19. The van der Waals surface area contributed by atoms with Gasteiger partial charge in [0, 0.05) is 6.07 Å². The zero-order chi connectivity index (χ0) is 14.1.